The van der Waals surface area contributed by atoms with Crippen LogP contribution in [-0.4, -0.2) is 43.2 Å². The van der Waals surface area contributed by atoms with Crippen molar-refractivity contribution in [1.82, 2.24) is 4.90 Å². The van der Waals surface area contributed by atoms with E-state index in [0.717, 1.165) is 58.4 Å². The molecule has 18 heavy (non-hydrogen) atoms. The number of amides is 1. The fourth-order valence-electron chi connectivity index (χ4n) is 3.12. The lowest BCUT2D eigenvalue weighted by Crippen LogP contribution is -2.42. The molecular formula is C14H26N2O2. The van der Waals surface area contributed by atoms with E-state index in [1.165, 1.54) is 0 Å². The van der Waals surface area contributed by atoms with Crippen molar-refractivity contribution in [2.45, 2.75) is 45.1 Å². The zero-order chi connectivity index (χ0) is 13.0. The fourth-order valence-corrected chi connectivity index (χ4v) is 3.12. The molecule has 2 rings (SSSR count). The van der Waals surface area contributed by atoms with Crippen molar-refractivity contribution in [3.8, 4) is 0 Å². The molecule has 1 saturated heterocycles. The van der Waals surface area contributed by atoms with Gasteiger partial charge < -0.3 is 15.4 Å². The minimum atomic E-state index is 0.163. The molecule has 1 aliphatic heterocycles. The molecule has 1 amide bonds. The second-order valence-corrected chi connectivity index (χ2v) is 5.73. The number of rotatable bonds is 4. The lowest BCUT2D eigenvalue weighted by molar-refractivity contribution is -0.137. The van der Waals surface area contributed by atoms with Gasteiger partial charge in [0.05, 0.1) is 6.61 Å². The van der Waals surface area contributed by atoms with Gasteiger partial charge >= 0.3 is 0 Å². The molecule has 2 aliphatic rings. The first-order chi connectivity index (χ1) is 8.70. The summed E-state index contributed by atoms with van der Waals surface area (Å²) in [6.07, 6.45) is 5.16. The van der Waals surface area contributed by atoms with E-state index in [-0.39, 0.29) is 12.0 Å². The summed E-state index contributed by atoms with van der Waals surface area (Å²) in [5.74, 6) is 1.02. The number of hydrogen-bond acceptors (Lipinski definition) is 3. The highest BCUT2D eigenvalue weighted by Gasteiger charge is 2.30. The molecule has 0 spiro atoms. The number of nitrogens with two attached hydrogens (primary N) is 1. The average molecular weight is 254 g/mol. The van der Waals surface area contributed by atoms with Crippen LogP contribution in [0.5, 0.6) is 0 Å². The van der Waals surface area contributed by atoms with Gasteiger partial charge in [0.2, 0.25) is 5.91 Å². The molecule has 1 heterocycles. The summed E-state index contributed by atoms with van der Waals surface area (Å²) in [5, 5.41) is 0. The van der Waals surface area contributed by atoms with Crippen molar-refractivity contribution in [2.75, 3.05) is 26.3 Å². The maximum atomic E-state index is 12.5. The summed E-state index contributed by atoms with van der Waals surface area (Å²) >= 11 is 0. The number of carbonyl (C=O) groups excluding carboxylic acids is 1. The summed E-state index contributed by atoms with van der Waals surface area (Å²) in [6.45, 7) is 5.40. The van der Waals surface area contributed by atoms with Gasteiger partial charge in [-0.05, 0) is 32.6 Å². The Bertz CT molecular complexity index is 277. The molecule has 0 bridgehead atoms. The van der Waals surface area contributed by atoms with Crippen molar-refractivity contribution >= 4 is 5.91 Å². The number of carbonyl (C=O) groups is 1. The summed E-state index contributed by atoms with van der Waals surface area (Å²) in [4.78, 5) is 14.5. The third-order valence-corrected chi connectivity index (χ3v) is 4.26. The van der Waals surface area contributed by atoms with Gasteiger partial charge in [0.1, 0.15) is 0 Å². The third kappa shape index (κ3) is 3.45. The molecule has 4 heteroatoms. The Morgan fingerprint density at radius 1 is 1.39 bits per heavy atom. The third-order valence-electron chi connectivity index (χ3n) is 4.26. The van der Waals surface area contributed by atoms with Crippen molar-refractivity contribution in [3.05, 3.63) is 0 Å². The Labute approximate surface area is 110 Å². The highest BCUT2D eigenvalue weighted by Crippen LogP contribution is 2.25. The lowest BCUT2D eigenvalue weighted by atomic mass is 9.85. The number of hydrogen-bond donors (Lipinski definition) is 1. The van der Waals surface area contributed by atoms with Crippen LogP contribution in [0.3, 0.4) is 0 Å². The lowest BCUT2D eigenvalue weighted by Gasteiger charge is -2.32. The van der Waals surface area contributed by atoms with Gasteiger partial charge in [-0.1, -0.05) is 6.42 Å². The smallest absolute Gasteiger partial charge is 0.225 e. The van der Waals surface area contributed by atoms with Crippen molar-refractivity contribution in [1.29, 1.82) is 0 Å². The van der Waals surface area contributed by atoms with Gasteiger partial charge in [0.15, 0.2) is 0 Å². The molecule has 0 aromatic heterocycles. The Balaban J connectivity index is 1.87. The first-order valence-electron chi connectivity index (χ1n) is 7.32. The van der Waals surface area contributed by atoms with Gasteiger partial charge in [-0.3, -0.25) is 4.79 Å². The van der Waals surface area contributed by atoms with Crippen molar-refractivity contribution in [3.63, 3.8) is 0 Å². The minimum absolute atomic E-state index is 0.163. The molecule has 4 nitrogen and oxygen atoms in total. The molecule has 1 saturated carbocycles. The highest BCUT2D eigenvalue weighted by molar-refractivity contribution is 5.79. The summed E-state index contributed by atoms with van der Waals surface area (Å²) in [5.41, 5.74) is 5.98. The van der Waals surface area contributed by atoms with Crippen LogP contribution in [-0.2, 0) is 9.53 Å². The van der Waals surface area contributed by atoms with Crippen LogP contribution >= 0.6 is 0 Å². The first-order valence-corrected chi connectivity index (χ1v) is 7.32. The van der Waals surface area contributed by atoms with E-state index in [1.54, 1.807) is 0 Å². The topological polar surface area (TPSA) is 55.6 Å². The Morgan fingerprint density at radius 3 is 2.83 bits per heavy atom. The van der Waals surface area contributed by atoms with Crippen molar-refractivity contribution in [2.24, 2.45) is 17.6 Å². The van der Waals surface area contributed by atoms with E-state index in [0.29, 0.717) is 11.8 Å². The van der Waals surface area contributed by atoms with Gasteiger partial charge in [-0.15, -0.1) is 0 Å². The monoisotopic (exact) mass is 254 g/mol. The van der Waals surface area contributed by atoms with Crippen LogP contribution in [0.4, 0.5) is 0 Å². The molecule has 3 atom stereocenters. The van der Waals surface area contributed by atoms with Gasteiger partial charge in [0.25, 0.3) is 0 Å². The molecule has 3 unspecified atom stereocenters. The van der Waals surface area contributed by atoms with E-state index in [4.69, 9.17) is 10.5 Å². The Hall–Kier alpha value is -0.610. The average Bonchev–Trinajstić information content (AvgIpc) is 2.88. The Kier molecular flexibility index (Phi) is 5.01. The van der Waals surface area contributed by atoms with E-state index >= 15 is 0 Å². The molecule has 0 aromatic carbocycles. The molecule has 0 radical (unpaired) electrons. The van der Waals surface area contributed by atoms with Crippen LogP contribution in [0, 0.1) is 11.8 Å². The predicted molar refractivity (Wildman–Crippen MR) is 71.1 cm³/mol. The standard InChI is InChI=1S/C14H26N2O2/c1-2-16(9-11-6-7-18-10-11)14(17)12-4-3-5-13(15)8-12/h11-13H,2-10,15H2,1H3. The van der Waals surface area contributed by atoms with E-state index in [1.807, 2.05) is 4.90 Å². The van der Waals surface area contributed by atoms with Gasteiger partial charge in [-0.2, -0.15) is 0 Å². The normalized spacial score (nSPS) is 32.4. The van der Waals surface area contributed by atoms with E-state index in [2.05, 4.69) is 6.92 Å². The van der Waals surface area contributed by atoms with E-state index in [9.17, 15) is 4.79 Å². The summed E-state index contributed by atoms with van der Waals surface area (Å²) in [7, 11) is 0. The summed E-state index contributed by atoms with van der Waals surface area (Å²) in [6, 6.07) is 0.223. The highest BCUT2D eigenvalue weighted by atomic mass is 16.5. The summed E-state index contributed by atoms with van der Waals surface area (Å²) < 4.78 is 5.39. The second kappa shape index (κ2) is 6.53. The minimum Gasteiger partial charge on any atom is -0.381 e. The zero-order valence-electron chi connectivity index (χ0n) is 11.4. The maximum Gasteiger partial charge on any atom is 0.225 e. The van der Waals surface area contributed by atoms with Crippen LogP contribution in [0.15, 0.2) is 0 Å². The quantitative estimate of drug-likeness (QED) is 0.825. The molecule has 1 aliphatic carbocycles. The zero-order valence-corrected chi connectivity index (χ0v) is 11.4. The van der Waals surface area contributed by atoms with Crippen LogP contribution in [0.25, 0.3) is 0 Å². The fraction of sp³-hybridized carbons (Fsp3) is 0.929. The van der Waals surface area contributed by atoms with Crippen LogP contribution in [0.2, 0.25) is 0 Å². The van der Waals surface area contributed by atoms with Gasteiger partial charge in [-0.25, -0.2) is 0 Å². The molecule has 2 N–H and O–H groups in total. The molecule has 2 fully saturated rings. The predicted octanol–water partition coefficient (Wildman–Crippen LogP) is 1.39. The van der Waals surface area contributed by atoms with Gasteiger partial charge in [0, 0.05) is 37.6 Å². The van der Waals surface area contributed by atoms with Crippen molar-refractivity contribution < 1.29 is 9.53 Å². The molecule has 104 valence electrons. The van der Waals surface area contributed by atoms with Crippen LogP contribution in [0.1, 0.15) is 39.0 Å². The second-order valence-electron chi connectivity index (χ2n) is 5.73. The SMILES string of the molecule is CCN(CC1CCOC1)C(=O)C1CCCC(N)C1. The Morgan fingerprint density at radius 2 is 2.22 bits per heavy atom. The number of ether oxygens (including phenoxy) is 1. The largest absolute Gasteiger partial charge is 0.381 e. The number of nitrogens with zero attached hydrogens (tertiary/aromatic N) is 1. The van der Waals surface area contributed by atoms with Crippen LogP contribution < -0.4 is 5.73 Å². The molecule has 0 aromatic rings. The van der Waals surface area contributed by atoms with E-state index < -0.39 is 0 Å². The maximum absolute atomic E-state index is 12.5. The molecular weight excluding hydrogens is 228 g/mol. The first kappa shape index (κ1) is 13.8.